The molecule has 0 aliphatic rings. The standard InChI is InChI=1S/C22H13F4N3O3/c23-14-5-7-17(18(10-14)22(24,25)26)12-2-1-3-15(8-12)28-19-11-16(29(31)32)6-4-13(19)9-20(28)21(27)30/h1-11H,(H2,27,30). The molecule has 0 aliphatic heterocycles. The van der Waals surface area contributed by atoms with Gasteiger partial charge in [-0.2, -0.15) is 13.2 Å². The van der Waals surface area contributed by atoms with E-state index in [-0.39, 0.29) is 33.7 Å². The highest BCUT2D eigenvalue weighted by Gasteiger charge is 2.34. The third kappa shape index (κ3) is 3.66. The fourth-order valence-corrected chi connectivity index (χ4v) is 3.58. The van der Waals surface area contributed by atoms with Gasteiger partial charge < -0.3 is 10.3 Å². The van der Waals surface area contributed by atoms with E-state index in [1.807, 2.05) is 0 Å². The first-order chi connectivity index (χ1) is 15.1. The zero-order chi connectivity index (χ0) is 23.2. The van der Waals surface area contributed by atoms with Crippen LogP contribution < -0.4 is 5.73 Å². The molecular weight excluding hydrogens is 430 g/mol. The van der Waals surface area contributed by atoms with Crippen molar-refractivity contribution < 1.29 is 27.3 Å². The molecule has 162 valence electrons. The molecule has 1 amide bonds. The van der Waals surface area contributed by atoms with Crippen molar-refractivity contribution >= 4 is 22.5 Å². The van der Waals surface area contributed by atoms with Gasteiger partial charge in [-0.3, -0.25) is 14.9 Å². The number of non-ortho nitro benzene ring substituents is 1. The first kappa shape index (κ1) is 21.0. The molecule has 3 aromatic carbocycles. The van der Waals surface area contributed by atoms with Gasteiger partial charge in [0.25, 0.3) is 11.6 Å². The minimum Gasteiger partial charge on any atom is -0.364 e. The maximum atomic E-state index is 13.5. The van der Waals surface area contributed by atoms with Crippen molar-refractivity contribution in [2.24, 2.45) is 5.73 Å². The zero-order valence-electron chi connectivity index (χ0n) is 16.1. The largest absolute Gasteiger partial charge is 0.417 e. The van der Waals surface area contributed by atoms with Crippen molar-refractivity contribution in [1.29, 1.82) is 0 Å². The second kappa shape index (κ2) is 7.49. The van der Waals surface area contributed by atoms with Crippen LogP contribution in [0.4, 0.5) is 23.2 Å². The first-order valence-electron chi connectivity index (χ1n) is 9.13. The number of fused-ring (bicyclic) bond motifs is 1. The third-order valence-corrected chi connectivity index (χ3v) is 4.95. The molecular formula is C22H13F4N3O3. The van der Waals surface area contributed by atoms with Gasteiger partial charge in [-0.1, -0.05) is 18.2 Å². The van der Waals surface area contributed by atoms with Crippen molar-refractivity contribution in [3.8, 4) is 16.8 Å². The van der Waals surface area contributed by atoms with Crippen LogP contribution in [0.25, 0.3) is 27.7 Å². The van der Waals surface area contributed by atoms with Crippen LogP contribution in [0.3, 0.4) is 0 Å². The number of benzene rings is 3. The van der Waals surface area contributed by atoms with Gasteiger partial charge in [0.15, 0.2) is 0 Å². The Morgan fingerprint density at radius 2 is 1.75 bits per heavy atom. The van der Waals surface area contributed by atoms with E-state index >= 15 is 0 Å². The van der Waals surface area contributed by atoms with Crippen LogP contribution in [0.2, 0.25) is 0 Å². The number of amides is 1. The summed E-state index contributed by atoms with van der Waals surface area (Å²) in [6.07, 6.45) is -4.80. The van der Waals surface area contributed by atoms with E-state index in [0.717, 1.165) is 12.1 Å². The first-order valence-corrected chi connectivity index (χ1v) is 9.13. The number of nitrogens with zero attached hydrogens (tertiary/aromatic N) is 2. The van der Waals surface area contributed by atoms with Crippen molar-refractivity contribution in [3.63, 3.8) is 0 Å². The number of nitro groups is 1. The molecule has 0 aliphatic carbocycles. The van der Waals surface area contributed by atoms with Gasteiger partial charge in [0.05, 0.1) is 16.0 Å². The van der Waals surface area contributed by atoms with Crippen molar-refractivity contribution in [3.05, 3.63) is 93.9 Å². The molecule has 0 radical (unpaired) electrons. The summed E-state index contributed by atoms with van der Waals surface area (Å²) in [4.78, 5) is 22.6. The third-order valence-electron chi connectivity index (χ3n) is 4.95. The molecule has 1 heterocycles. The molecule has 0 fully saturated rings. The molecule has 32 heavy (non-hydrogen) atoms. The van der Waals surface area contributed by atoms with Gasteiger partial charge in [-0.15, -0.1) is 0 Å². The van der Waals surface area contributed by atoms with E-state index in [9.17, 15) is 32.5 Å². The Bertz CT molecular complexity index is 1390. The highest BCUT2D eigenvalue weighted by atomic mass is 19.4. The number of carbonyl (C=O) groups is 1. The lowest BCUT2D eigenvalue weighted by Gasteiger charge is -2.15. The van der Waals surface area contributed by atoms with E-state index < -0.39 is 28.4 Å². The van der Waals surface area contributed by atoms with Gasteiger partial charge in [0.2, 0.25) is 0 Å². The van der Waals surface area contributed by atoms with Gasteiger partial charge in [0, 0.05) is 23.2 Å². The highest BCUT2D eigenvalue weighted by Crippen LogP contribution is 2.38. The summed E-state index contributed by atoms with van der Waals surface area (Å²) in [5, 5.41) is 11.7. The predicted molar refractivity (Wildman–Crippen MR) is 109 cm³/mol. The molecule has 2 N–H and O–H groups in total. The number of aromatic nitrogens is 1. The van der Waals surface area contributed by atoms with E-state index in [0.29, 0.717) is 11.5 Å². The number of halogens is 4. The number of hydrogen-bond acceptors (Lipinski definition) is 3. The van der Waals surface area contributed by atoms with Gasteiger partial charge in [-0.25, -0.2) is 4.39 Å². The predicted octanol–water partition coefficient (Wildman–Crippen LogP) is 5.46. The highest BCUT2D eigenvalue weighted by molar-refractivity contribution is 5.99. The Morgan fingerprint density at radius 3 is 2.41 bits per heavy atom. The number of alkyl halides is 3. The van der Waals surface area contributed by atoms with E-state index in [4.69, 9.17) is 5.73 Å². The van der Waals surface area contributed by atoms with Gasteiger partial charge in [0.1, 0.15) is 11.5 Å². The lowest BCUT2D eigenvalue weighted by Crippen LogP contribution is -2.16. The Hall–Kier alpha value is -4.21. The molecule has 10 heteroatoms. The Morgan fingerprint density at radius 1 is 1.00 bits per heavy atom. The van der Waals surface area contributed by atoms with Crippen molar-refractivity contribution in [1.82, 2.24) is 4.57 Å². The topological polar surface area (TPSA) is 91.2 Å². The molecule has 1 aromatic heterocycles. The Kier molecular flexibility index (Phi) is 4.92. The normalized spacial score (nSPS) is 11.6. The molecule has 0 bridgehead atoms. The van der Waals surface area contributed by atoms with E-state index in [2.05, 4.69) is 0 Å². The van der Waals surface area contributed by atoms with E-state index in [1.54, 1.807) is 0 Å². The van der Waals surface area contributed by atoms with Crippen LogP contribution >= 0.6 is 0 Å². The second-order valence-electron chi connectivity index (χ2n) is 6.97. The summed E-state index contributed by atoms with van der Waals surface area (Å²) in [7, 11) is 0. The van der Waals surface area contributed by atoms with Crippen molar-refractivity contribution in [2.45, 2.75) is 6.18 Å². The minimum absolute atomic E-state index is 0.00667. The SMILES string of the molecule is NC(=O)c1cc2ccc([N+](=O)[O-])cc2n1-c1cccc(-c2ccc(F)cc2C(F)(F)F)c1. The van der Waals surface area contributed by atoms with Gasteiger partial charge in [-0.05, 0) is 47.5 Å². The summed E-state index contributed by atoms with van der Waals surface area (Å²) < 4.78 is 55.3. The maximum Gasteiger partial charge on any atom is 0.417 e. The Labute approximate surface area is 177 Å². The minimum atomic E-state index is -4.80. The molecule has 0 saturated heterocycles. The molecule has 0 atom stereocenters. The summed E-state index contributed by atoms with van der Waals surface area (Å²) in [6, 6.07) is 13.5. The quantitative estimate of drug-likeness (QED) is 0.258. The fourth-order valence-electron chi connectivity index (χ4n) is 3.58. The summed E-state index contributed by atoms with van der Waals surface area (Å²) >= 11 is 0. The fraction of sp³-hybridized carbons (Fsp3) is 0.0455. The molecule has 0 spiro atoms. The number of primary amides is 1. The summed E-state index contributed by atoms with van der Waals surface area (Å²) in [5.41, 5.74) is 4.46. The van der Waals surface area contributed by atoms with Gasteiger partial charge >= 0.3 is 6.18 Å². The summed E-state index contributed by atoms with van der Waals surface area (Å²) in [6.45, 7) is 0. The average Bonchev–Trinajstić information content (AvgIpc) is 3.12. The molecule has 4 aromatic rings. The zero-order valence-corrected chi connectivity index (χ0v) is 16.1. The lowest BCUT2D eigenvalue weighted by molar-refractivity contribution is -0.384. The van der Waals surface area contributed by atoms with Crippen LogP contribution in [0, 0.1) is 15.9 Å². The number of nitro benzene ring substituents is 1. The number of hydrogen-bond donors (Lipinski definition) is 1. The average molecular weight is 443 g/mol. The van der Waals surface area contributed by atoms with Crippen LogP contribution in [0.1, 0.15) is 16.1 Å². The Balaban J connectivity index is 1.97. The number of carbonyl (C=O) groups excluding carboxylic acids is 1. The van der Waals surface area contributed by atoms with Crippen LogP contribution in [-0.4, -0.2) is 15.4 Å². The van der Waals surface area contributed by atoms with E-state index in [1.165, 1.54) is 53.1 Å². The maximum absolute atomic E-state index is 13.5. The lowest BCUT2D eigenvalue weighted by atomic mass is 9.98. The number of nitrogens with two attached hydrogens (primary N) is 1. The van der Waals surface area contributed by atoms with Crippen LogP contribution in [0.15, 0.2) is 66.7 Å². The molecule has 0 unspecified atom stereocenters. The molecule has 4 rings (SSSR count). The second-order valence-corrected chi connectivity index (χ2v) is 6.97. The smallest absolute Gasteiger partial charge is 0.364 e. The van der Waals surface area contributed by atoms with Crippen LogP contribution in [-0.2, 0) is 6.18 Å². The van der Waals surface area contributed by atoms with Crippen molar-refractivity contribution in [2.75, 3.05) is 0 Å². The monoisotopic (exact) mass is 443 g/mol. The summed E-state index contributed by atoms with van der Waals surface area (Å²) in [5.74, 6) is -1.86. The van der Waals surface area contributed by atoms with Crippen LogP contribution in [0.5, 0.6) is 0 Å². The molecule has 6 nitrogen and oxygen atoms in total. The number of rotatable bonds is 4. The molecule has 0 saturated carbocycles.